The highest BCUT2D eigenvalue weighted by atomic mass is 16.5. The van der Waals surface area contributed by atoms with Crippen molar-refractivity contribution in [1.82, 2.24) is 5.32 Å². The Morgan fingerprint density at radius 1 is 1.04 bits per heavy atom. The Hall–Kier alpha value is -1.51. The monoisotopic (exact) mass is 317 g/mol. The molecule has 0 spiro atoms. The summed E-state index contributed by atoms with van der Waals surface area (Å²) in [6, 6.07) is 8.37. The summed E-state index contributed by atoms with van der Waals surface area (Å²) in [6.07, 6.45) is 8.58. The van der Waals surface area contributed by atoms with Gasteiger partial charge in [-0.05, 0) is 36.0 Å². The number of nitrogens with one attached hydrogen (secondary N) is 1. The van der Waals surface area contributed by atoms with Crippen LogP contribution in [0.3, 0.4) is 0 Å². The summed E-state index contributed by atoms with van der Waals surface area (Å²) in [5.74, 6) is 0.751. The van der Waals surface area contributed by atoms with Gasteiger partial charge in [-0.15, -0.1) is 0 Å². The van der Waals surface area contributed by atoms with E-state index in [9.17, 15) is 4.79 Å². The van der Waals surface area contributed by atoms with Crippen LogP contribution in [-0.4, -0.2) is 18.6 Å². The molecule has 3 nitrogen and oxygen atoms in total. The predicted molar refractivity (Wildman–Crippen MR) is 94.9 cm³/mol. The minimum Gasteiger partial charge on any atom is -0.484 e. The van der Waals surface area contributed by atoms with Crippen LogP contribution in [0.2, 0.25) is 0 Å². The van der Waals surface area contributed by atoms with Crippen LogP contribution >= 0.6 is 0 Å². The van der Waals surface area contributed by atoms with Gasteiger partial charge < -0.3 is 10.1 Å². The molecule has 3 heteroatoms. The van der Waals surface area contributed by atoms with Gasteiger partial charge in [-0.25, -0.2) is 0 Å². The normalized spacial score (nSPS) is 17.2. The first-order valence-corrected chi connectivity index (χ1v) is 8.98. The Balaban J connectivity index is 1.77. The third-order valence-electron chi connectivity index (χ3n) is 4.56. The van der Waals surface area contributed by atoms with E-state index in [1.165, 1.54) is 37.7 Å². The SMILES string of the molecule is CC(C)(C)c1ccc(OCC(=O)NC2CCCCCCC2)cc1. The van der Waals surface area contributed by atoms with Crippen molar-refractivity contribution in [2.75, 3.05) is 6.61 Å². The third-order valence-corrected chi connectivity index (χ3v) is 4.56. The second-order valence-corrected chi connectivity index (χ2v) is 7.67. The highest BCUT2D eigenvalue weighted by Crippen LogP contribution is 2.24. The van der Waals surface area contributed by atoms with Crippen molar-refractivity contribution in [3.05, 3.63) is 29.8 Å². The van der Waals surface area contributed by atoms with E-state index < -0.39 is 0 Å². The topological polar surface area (TPSA) is 38.3 Å². The largest absolute Gasteiger partial charge is 0.484 e. The minimum absolute atomic E-state index is 0.00419. The highest BCUT2D eigenvalue weighted by Gasteiger charge is 2.15. The number of carbonyl (C=O) groups excluding carboxylic acids is 1. The zero-order valence-electron chi connectivity index (χ0n) is 14.9. The van der Waals surface area contributed by atoms with Gasteiger partial charge in [-0.3, -0.25) is 4.79 Å². The van der Waals surface area contributed by atoms with Gasteiger partial charge in [0.2, 0.25) is 0 Å². The van der Waals surface area contributed by atoms with Gasteiger partial charge in [-0.1, -0.05) is 65.0 Å². The first kappa shape index (κ1) is 17.8. The van der Waals surface area contributed by atoms with E-state index >= 15 is 0 Å². The van der Waals surface area contributed by atoms with Gasteiger partial charge in [-0.2, -0.15) is 0 Å². The lowest BCUT2D eigenvalue weighted by Crippen LogP contribution is -2.38. The maximum atomic E-state index is 12.1. The fraction of sp³-hybridized carbons (Fsp3) is 0.650. The molecule has 0 aromatic heterocycles. The van der Waals surface area contributed by atoms with Crippen LogP contribution in [0, 0.1) is 0 Å². The molecule has 1 amide bonds. The molecule has 1 aliphatic rings. The Labute approximate surface area is 140 Å². The van der Waals surface area contributed by atoms with Gasteiger partial charge >= 0.3 is 0 Å². The van der Waals surface area contributed by atoms with Crippen molar-refractivity contribution in [3.8, 4) is 5.75 Å². The number of amides is 1. The summed E-state index contributed by atoms with van der Waals surface area (Å²) >= 11 is 0. The molecule has 1 fully saturated rings. The second-order valence-electron chi connectivity index (χ2n) is 7.67. The van der Waals surface area contributed by atoms with Crippen molar-refractivity contribution in [1.29, 1.82) is 0 Å². The Bertz CT molecular complexity index is 479. The molecule has 0 unspecified atom stereocenters. The molecule has 1 aromatic carbocycles. The van der Waals surface area contributed by atoms with E-state index in [4.69, 9.17) is 4.74 Å². The highest BCUT2D eigenvalue weighted by molar-refractivity contribution is 5.77. The van der Waals surface area contributed by atoms with Crippen molar-refractivity contribution in [3.63, 3.8) is 0 Å². The molecule has 1 N–H and O–H groups in total. The minimum atomic E-state index is -0.00419. The molecule has 0 bridgehead atoms. The van der Waals surface area contributed by atoms with Crippen molar-refractivity contribution >= 4 is 5.91 Å². The molecule has 0 heterocycles. The Kier molecular flexibility index (Phi) is 6.49. The lowest BCUT2D eigenvalue weighted by molar-refractivity contribution is -0.123. The van der Waals surface area contributed by atoms with Gasteiger partial charge in [0.15, 0.2) is 6.61 Å². The molecular weight excluding hydrogens is 286 g/mol. The standard InChI is InChI=1S/C20H31NO2/c1-20(2,3)16-11-13-18(14-12-16)23-15-19(22)21-17-9-7-5-4-6-8-10-17/h11-14,17H,4-10,15H2,1-3H3,(H,21,22). The van der Waals surface area contributed by atoms with Crippen LogP contribution in [0.4, 0.5) is 0 Å². The van der Waals surface area contributed by atoms with Gasteiger partial charge in [0.1, 0.15) is 5.75 Å². The lowest BCUT2D eigenvalue weighted by atomic mass is 9.87. The van der Waals surface area contributed by atoms with Crippen LogP contribution in [-0.2, 0) is 10.2 Å². The number of hydrogen-bond donors (Lipinski definition) is 1. The summed E-state index contributed by atoms with van der Waals surface area (Å²) in [7, 11) is 0. The molecule has 0 atom stereocenters. The summed E-state index contributed by atoms with van der Waals surface area (Å²) < 4.78 is 5.62. The molecule has 0 radical (unpaired) electrons. The number of carbonyl (C=O) groups is 1. The third kappa shape index (κ3) is 6.25. The van der Waals surface area contributed by atoms with E-state index in [0.717, 1.165) is 18.6 Å². The smallest absolute Gasteiger partial charge is 0.258 e. The fourth-order valence-corrected chi connectivity index (χ4v) is 3.07. The molecule has 23 heavy (non-hydrogen) atoms. The van der Waals surface area contributed by atoms with Crippen molar-refractivity contribution < 1.29 is 9.53 Å². The number of hydrogen-bond acceptors (Lipinski definition) is 2. The molecule has 1 aliphatic carbocycles. The lowest BCUT2D eigenvalue weighted by Gasteiger charge is -2.21. The van der Waals surface area contributed by atoms with E-state index in [0.29, 0.717) is 6.04 Å². The molecule has 128 valence electrons. The predicted octanol–water partition coefficient (Wildman–Crippen LogP) is 4.59. The molecule has 0 saturated heterocycles. The summed E-state index contributed by atoms with van der Waals surface area (Å²) in [6.45, 7) is 6.66. The molecule has 1 saturated carbocycles. The molecule has 0 aliphatic heterocycles. The van der Waals surface area contributed by atoms with Gasteiger partial charge in [0.25, 0.3) is 5.91 Å². The average Bonchev–Trinajstić information content (AvgIpc) is 2.47. The van der Waals surface area contributed by atoms with Crippen LogP contribution in [0.25, 0.3) is 0 Å². The summed E-state index contributed by atoms with van der Waals surface area (Å²) in [5, 5.41) is 3.13. The van der Waals surface area contributed by atoms with E-state index in [2.05, 4.69) is 38.2 Å². The van der Waals surface area contributed by atoms with Crippen LogP contribution in [0.1, 0.15) is 71.3 Å². The van der Waals surface area contributed by atoms with Gasteiger partial charge in [0.05, 0.1) is 0 Å². The maximum Gasteiger partial charge on any atom is 0.258 e. The van der Waals surface area contributed by atoms with Crippen LogP contribution in [0.5, 0.6) is 5.75 Å². The summed E-state index contributed by atoms with van der Waals surface area (Å²) in [5.41, 5.74) is 1.40. The Morgan fingerprint density at radius 2 is 1.61 bits per heavy atom. The van der Waals surface area contributed by atoms with Gasteiger partial charge in [0, 0.05) is 6.04 Å². The van der Waals surface area contributed by atoms with E-state index in [1.54, 1.807) is 0 Å². The number of rotatable bonds is 4. The second kappa shape index (κ2) is 8.37. The van der Waals surface area contributed by atoms with Crippen molar-refractivity contribution in [2.45, 2.75) is 77.2 Å². The zero-order chi connectivity index (χ0) is 16.7. The van der Waals surface area contributed by atoms with Crippen LogP contribution < -0.4 is 10.1 Å². The van der Waals surface area contributed by atoms with E-state index in [-0.39, 0.29) is 17.9 Å². The zero-order valence-corrected chi connectivity index (χ0v) is 14.9. The average molecular weight is 317 g/mol. The maximum absolute atomic E-state index is 12.1. The van der Waals surface area contributed by atoms with Crippen LogP contribution in [0.15, 0.2) is 24.3 Å². The first-order chi connectivity index (χ1) is 10.9. The van der Waals surface area contributed by atoms with Crippen molar-refractivity contribution in [2.24, 2.45) is 0 Å². The first-order valence-electron chi connectivity index (χ1n) is 8.98. The number of ether oxygens (including phenoxy) is 1. The van der Waals surface area contributed by atoms with E-state index in [1.807, 2.05) is 12.1 Å². The molecule has 2 rings (SSSR count). The Morgan fingerprint density at radius 3 is 2.17 bits per heavy atom. The molecule has 1 aromatic rings. The summed E-state index contributed by atoms with van der Waals surface area (Å²) in [4.78, 5) is 12.1. The number of benzene rings is 1. The fourth-order valence-electron chi connectivity index (χ4n) is 3.07. The molecular formula is C20H31NO2. The quantitative estimate of drug-likeness (QED) is 0.882.